The van der Waals surface area contributed by atoms with Gasteiger partial charge in [-0.2, -0.15) is 4.98 Å². The van der Waals surface area contributed by atoms with Crippen molar-refractivity contribution in [2.75, 3.05) is 18.2 Å². The third-order valence-corrected chi connectivity index (χ3v) is 3.44. The lowest BCUT2D eigenvalue weighted by atomic mass is 10.1. The molecule has 1 aliphatic carbocycles. The molecule has 19 heavy (non-hydrogen) atoms. The Morgan fingerprint density at radius 2 is 2.00 bits per heavy atom. The maximum absolute atomic E-state index is 6.06. The highest BCUT2D eigenvalue weighted by atomic mass is 16.5. The van der Waals surface area contributed by atoms with Gasteiger partial charge in [0, 0.05) is 12.5 Å². The van der Waals surface area contributed by atoms with Crippen molar-refractivity contribution in [3.8, 4) is 5.88 Å². The van der Waals surface area contributed by atoms with Crippen molar-refractivity contribution in [3.63, 3.8) is 0 Å². The first-order chi connectivity index (χ1) is 9.10. The molecule has 1 aromatic rings. The van der Waals surface area contributed by atoms with Crippen LogP contribution >= 0.6 is 0 Å². The molecule has 0 spiro atoms. The molecule has 106 valence electrons. The molecule has 1 saturated carbocycles. The van der Waals surface area contributed by atoms with Crippen LogP contribution in [0.5, 0.6) is 5.88 Å². The molecule has 0 amide bonds. The minimum atomic E-state index is 0.478. The highest BCUT2D eigenvalue weighted by Crippen LogP contribution is 2.29. The maximum Gasteiger partial charge on any atom is 0.242 e. The van der Waals surface area contributed by atoms with E-state index < -0.39 is 0 Å². The Labute approximate surface area is 115 Å². The number of aromatic nitrogens is 2. The Kier molecular flexibility index (Phi) is 4.45. The van der Waals surface area contributed by atoms with E-state index in [-0.39, 0.29) is 0 Å². The summed E-state index contributed by atoms with van der Waals surface area (Å²) in [5, 5.41) is 3.44. The van der Waals surface area contributed by atoms with Crippen LogP contribution in [0, 0.1) is 5.92 Å². The van der Waals surface area contributed by atoms with E-state index in [1.165, 1.54) is 25.7 Å². The summed E-state index contributed by atoms with van der Waals surface area (Å²) in [7, 11) is 1.59. The molecular weight excluding hydrogens is 240 g/mol. The maximum atomic E-state index is 6.06. The van der Waals surface area contributed by atoms with E-state index in [9.17, 15) is 0 Å². The summed E-state index contributed by atoms with van der Waals surface area (Å²) in [5.41, 5.74) is 6.57. The van der Waals surface area contributed by atoms with Crippen molar-refractivity contribution in [2.45, 2.75) is 52.0 Å². The number of ether oxygens (including phenoxy) is 1. The van der Waals surface area contributed by atoms with E-state index in [1.54, 1.807) is 7.11 Å². The van der Waals surface area contributed by atoms with Crippen molar-refractivity contribution in [1.82, 2.24) is 9.97 Å². The van der Waals surface area contributed by atoms with Gasteiger partial charge in [0.25, 0.3) is 0 Å². The average molecular weight is 264 g/mol. The van der Waals surface area contributed by atoms with E-state index in [0.717, 1.165) is 18.1 Å². The number of rotatable bonds is 5. The van der Waals surface area contributed by atoms with Gasteiger partial charge >= 0.3 is 0 Å². The summed E-state index contributed by atoms with van der Waals surface area (Å²) in [5.74, 6) is 2.51. The van der Waals surface area contributed by atoms with Crippen LogP contribution in [0.15, 0.2) is 0 Å². The Bertz CT molecular complexity index is 428. The molecule has 5 nitrogen and oxygen atoms in total. The molecule has 0 unspecified atom stereocenters. The standard InChI is InChI=1S/C14H24N4O/c1-9(2)8-11-17-13(12(15)14(18-11)19-3)16-10-6-4-5-7-10/h9-10H,4-8,15H2,1-3H3,(H,16,17,18). The van der Waals surface area contributed by atoms with E-state index in [0.29, 0.717) is 23.5 Å². The molecular formula is C14H24N4O. The van der Waals surface area contributed by atoms with E-state index >= 15 is 0 Å². The number of anilines is 2. The summed E-state index contributed by atoms with van der Waals surface area (Å²) < 4.78 is 5.26. The SMILES string of the molecule is COc1nc(CC(C)C)nc(NC2CCCC2)c1N. The number of hydrogen-bond acceptors (Lipinski definition) is 5. The summed E-state index contributed by atoms with van der Waals surface area (Å²) in [4.78, 5) is 8.93. The van der Waals surface area contributed by atoms with E-state index in [1.807, 2.05) is 0 Å². The quantitative estimate of drug-likeness (QED) is 0.855. The molecule has 1 aromatic heterocycles. The summed E-state index contributed by atoms with van der Waals surface area (Å²) in [6.07, 6.45) is 5.75. The Morgan fingerprint density at radius 3 is 2.58 bits per heavy atom. The van der Waals surface area contributed by atoms with Gasteiger partial charge in [-0.15, -0.1) is 0 Å². The van der Waals surface area contributed by atoms with Crippen LogP contribution in [0.4, 0.5) is 11.5 Å². The fourth-order valence-electron chi connectivity index (χ4n) is 2.48. The van der Waals surface area contributed by atoms with Crippen LogP contribution in [0.25, 0.3) is 0 Å². The van der Waals surface area contributed by atoms with Crippen molar-refractivity contribution >= 4 is 11.5 Å². The largest absolute Gasteiger partial charge is 0.479 e. The first kappa shape index (κ1) is 13.9. The molecule has 1 fully saturated rings. The molecule has 1 heterocycles. The number of nitrogens with one attached hydrogen (secondary N) is 1. The zero-order valence-corrected chi connectivity index (χ0v) is 12.1. The molecule has 2 rings (SSSR count). The second-order valence-corrected chi connectivity index (χ2v) is 5.64. The van der Waals surface area contributed by atoms with Crippen molar-refractivity contribution in [3.05, 3.63) is 5.82 Å². The minimum Gasteiger partial charge on any atom is -0.479 e. The zero-order valence-electron chi connectivity index (χ0n) is 12.1. The van der Waals surface area contributed by atoms with Crippen LogP contribution in [0.2, 0.25) is 0 Å². The Hall–Kier alpha value is -1.52. The van der Waals surface area contributed by atoms with Crippen molar-refractivity contribution in [1.29, 1.82) is 0 Å². The molecule has 0 radical (unpaired) electrons. The normalized spacial score (nSPS) is 16.0. The van der Waals surface area contributed by atoms with Gasteiger partial charge in [0.15, 0.2) is 5.82 Å². The fourth-order valence-corrected chi connectivity index (χ4v) is 2.48. The number of nitrogens with zero attached hydrogens (tertiary/aromatic N) is 2. The first-order valence-electron chi connectivity index (χ1n) is 7.07. The second kappa shape index (κ2) is 6.08. The van der Waals surface area contributed by atoms with E-state index in [2.05, 4.69) is 29.1 Å². The second-order valence-electron chi connectivity index (χ2n) is 5.64. The average Bonchev–Trinajstić information content (AvgIpc) is 2.85. The lowest BCUT2D eigenvalue weighted by molar-refractivity contribution is 0.396. The van der Waals surface area contributed by atoms with Crippen LogP contribution in [-0.4, -0.2) is 23.1 Å². The number of nitrogen functional groups attached to an aromatic ring is 1. The minimum absolute atomic E-state index is 0.478. The van der Waals surface area contributed by atoms with Gasteiger partial charge in [-0.3, -0.25) is 0 Å². The van der Waals surface area contributed by atoms with Gasteiger partial charge in [-0.05, 0) is 18.8 Å². The van der Waals surface area contributed by atoms with Crippen LogP contribution in [0.1, 0.15) is 45.4 Å². The molecule has 0 atom stereocenters. The van der Waals surface area contributed by atoms with Crippen LogP contribution in [0.3, 0.4) is 0 Å². The zero-order chi connectivity index (χ0) is 13.8. The summed E-state index contributed by atoms with van der Waals surface area (Å²) in [6.45, 7) is 4.30. The topological polar surface area (TPSA) is 73.1 Å². The van der Waals surface area contributed by atoms with Gasteiger partial charge < -0.3 is 15.8 Å². The molecule has 0 aromatic carbocycles. The van der Waals surface area contributed by atoms with Gasteiger partial charge in [-0.25, -0.2) is 4.98 Å². The first-order valence-corrected chi connectivity index (χ1v) is 7.07. The lowest BCUT2D eigenvalue weighted by Crippen LogP contribution is -2.18. The predicted molar refractivity (Wildman–Crippen MR) is 77.4 cm³/mol. The molecule has 0 saturated heterocycles. The van der Waals surface area contributed by atoms with Crippen LogP contribution in [-0.2, 0) is 6.42 Å². The molecule has 1 aliphatic rings. The monoisotopic (exact) mass is 264 g/mol. The lowest BCUT2D eigenvalue weighted by Gasteiger charge is -2.17. The fraction of sp³-hybridized carbons (Fsp3) is 0.714. The highest BCUT2D eigenvalue weighted by Gasteiger charge is 2.19. The number of nitrogens with two attached hydrogens (primary N) is 1. The van der Waals surface area contributed by atoms with Gasteiger partial charge in [0.1, 0.15) is 11.5 Å². The summed E-state index contributed by atoms with van der Waals surface area (Å²) in [6, 6.07) is 0.480. The van der Waals surface area contributed by atoms with Gasteiger partial charge in [0.05, 0.1) is 7.11 Å². The number of methoxy groups -OCH3 is 1. The predicted octanol–water partition coefficient (Wildman–Crippen LogP) is 2.62. The Balaban J connectivity index is 2.23. The molecule has 0 bridgehead atoms. The van der Waals surface area contributed by atoms with Crippen molar-refractivity contribution in [2.24, 2.45) is 5.92 Å². The van der Waals surface area contributed by atoms with Gasteiger partial charge in [0.2, 0.25) is 5.88 Å². The molecule has 5 heteroatoms. The highest BCUT2D eigenvalue weighted by molar-refractivity contribution is 5.67. The van der Waals surface area contributed by atoms with E-state index in [4.69, 9.17) is 10.5 Å². The Morgan fingerprint density at radius 1 is 1.32 bits per heavy atom. The third kappa shape index (κ3) is 3.49. The van der Waals surface area contributed by atoms with Crippen molar-refractivity contribution < 1.29 is 4.74 Å². The summed E-state index contributed by atoms with van der Waals surface area (Å²) >= 11 is 0. The van der Waals surface area contributed by atoms with Gasteiger partial charge in [-0.1, -0.05) is 26.7 Å². The van der Waals surface area contributed by atoms with Crippen LogP contribution < -0.4 is 15.8 Å². The number of hydrogen-bond donors (Lipinski definition) is 2. The molecule has 0 aliphatic heterocycles. The third-order valence-electron chi connectivity index (χ3n) is 3.44. The smallest absolute Gasteiger partial charge is 0.242 e. The molecule has 3 N–H and O–H groups in total.